The number of ether oxygens (including phenoxy) is 1. The number of carbonyl (C=O) groups is 3. The summed E-state index contributed by atoms with van der Waals surface area (Å²) in [5, 5.41) is 2.90. The fourth-order valence-electron chi connectivity index (χ4n) is 5.65. The molecule has 1 N–H and O–H groups in total. The molecule has 2 aliphatic carbocycles. The molecule has 0 atom stereocenters. The molecule has 0 bridgehead atoms. The number of ketones is 2. The molecular weight excluding hydrogens is 600 g/mol. The minimum absolute atomic E-state index is 0.0716. The average Bonchev–Trinajstić information content (AvgIpc) is 2.86. The van der Waals surface area contributed by atoms with E-state index in [1.165, 1.54) is 0 Å². The van der Waals surface area contributed by atoms with Crippen LogP contribution in [0, 0.1) is 6.92 Å². The van der Waals surface area contributed by atoms with E-state index < -0.39 is 5.92 Å². The molecular formula is C29H28Br2N2O4. The Morgan fingerprint density at radius 2 is 1.62 bits per heavy atom. The van der Waals surface area contributed by atoms with Gasteiger partial charge in [0.1, 0.15) is 5.75 Å². The van der Waals surface area contributed by atoms with Gasteiger partial charge in [0.2, 0.25) is 0 Å². The van der Waals surface area contributed by atoms with Gasteiger partial charge in [-0.05, 0) is 72.3 Å². The average molecular weight is 628 g/mol. The van der Waals surface area contributed by atoms with Crippen molar-refractivity contribution in [3.05, 3.63) is 79.0 Å². The Labute approximate surface area is 233 Å². The predicted octanol–water partition coefficient (Wildman–Crippen LogP) is 6.58. The van der Waals surface area contributed by atoms with Gasteiger partial charge in [-0.25, -0.2) is 0 Å². The summed E-state index contributed by atoms with van der Waals surface area (Å²) in [4.78, 5) is 41.6. The number of anilines is 1. The Morgan fingerprint density at radius 3 is 2.24 bits per heavy atom. The van der Waals surface area contributed by atoms with Gasteiger partial charge in [0.05, 0.1) is 4.47 Å². The van der Waals surface area contributed by atoms with Gasteiger partial charge < -0.3 is 15.0 Å². The summed E-state index contributed by atoms with van der Waals surface area (Å²) >= 11 is 7.20. The lowest BCUT2D eigenvalue weighted by molar-refractivity contribution is -0.119. The van der Waals surface area contributed by atoms with E-state index in [4.69, 9.17) is 4.74 Å². The zero-order valence-corrected chi connectivity index (χ0v) is 24.0. The molecule has 0 radical (unpaired) electrons. The molecule has 1 aliphatic heterocycles. The maximum absolute atomic E-state index is 13.4. The van der Waals surface area contributed by atoms with Crippen LogP contribution in [0.3, 0.4) is 0 Å². The third-order valence-corrected chi connectivity index (χ3v) is 8.41. The Kier molecular flexibility index (Phi) is 7.41. The highest BCUT2D eigenvalue weighted by Crippen LogP contribution is 2.51. The van der Waals surface area contributed by atoms with Crippen LogP contribution in [0.4, 0.5) is 5.69 Å². The van der Waals surface area contributed by atoms with E-state index in [1.54, 1.807) is 0 Å². The van der Waals surface area contributed by atoms with E-state index >= 15 is 0 Å². The lowest BCUT2D eigenvalue weighted by Gasteiger charge is -2.42. The van der Waals surface area contributed by atoms with Gasteiger partial charge in [-0.15, -0.1) is 0 Å². The van der Waals surface area contributed by atoms with Gasteiger partial charge in [-0.3, -0.25) is 14.4 Å². The van der Waals surface area contributed by atoms with Crippen LogP contribution in [-0.4, -0.2) is 36.0 Å². The quantitative estimate of drug-likeness (QED) is 0.405. The molecule has 5 rings (SSSR count). The molecule has 0 aromatic heterocycles. The Morgan fingerprint density at radius 1 is 1.00 bits per heavy atom. The van der Waals surface area contributed by atoms with Crippen molar-refractivity contribution < 1.29 is 19.1 Å². The van der Waals surface area contributed by atoms with Crippen molar-refractivity contribution in [1.82, 2.24) is 4.90 Å². The number of amides is 1. The smallest absolute Gasteiger partial charge is 0.262 e. The summed E-state index contributed by atoms with van der Waals surface area (Å²) in [6.07, 6.45) is 4.12. The Hall–Kier alpha value is -2.71. The van der Waals surface area contributed by atoms with Crippen LogP contribution in [0.5, 0.6) is 5.75 Å². The molecule has 6 nitrogen and oxygen atoms in total. The highest BCUT2D eigenvalue weighted by molar-refractivity contribution is 9.11. The highest BCUT2D eigenvalue weighted by atomic mass is 79.9. The van der Waals surface area contributed by atoms with Crippen molar-refractivity contribution in [3.63, 3.8) is 0 Å². The number of aryl methyl sites for hydroxylation is 1. The fourth-order valence-corrected chi connectivity index (χ4v) is 7.02. The number of allylic oxidation sites excluding steroid dienone is 4. The Balaban J connectivity index is 1.56. The maximum atomic E-state index is 13.4. The number of benzene rings is 2. The first-order chi connectivity index (χ1) is 17.8. The van der Waals surface area contributed by atoms with E-state index in [0.717, 1.165) is 52.8 Å². The summed E-state index contributed by atoms with van der Waals surface area (Å²) in [7, 11) is 1.97. The van der Waals surface area contributed by atoms with Crippen LogP contribution in [0.1, 0.15) is 55.6 Å². The largest absolute Gasteiger partial charge is 0.482 e. The fraction of sp³-hybridized carbons (Fsp3) is 0.345. The summed E-state index contributed by atoms with van der Waals surface area (Å²) < 4.78 is 7.59. The molecule has 0 fully saturated rings. The van der Waals surface area contributed by atoms with E-state index in [0.29, 0.717) is 39.8 Å². The molecule has 3 aliphatic rings. The first-order valence-corrected chi connectivity index (χ1v) is 14.1. The normalized spacial score (nSPS) is 18.1. The van der Waals surface area contributed by atoms with Gasteiger partial charge in [0.25, 0.3) is 5.91 Å². The van der Waals surface area contributed by atoms with Crippen LogP contribution in [0.25, 0.3) is 0 Å². The van der Waals surface area contributed by atoms with Crippen LogP contribution in [0.2, 0.25) is 0 Å². The van der Waals surface area contributed by atoms with Crippen molar-refractivity contribution in [2.24, 2.45) is 0 Å². The van der Waals surface area contributed by atoms with Gasteiger partial charge >= 0.3 is 0 Å². The Bertz CT molecular complexity index is 1330. The lowest BCUT2D eigenvalue weighted by atomic mass is 9.71. The van der Waals surface area contributed by atoms with E-state index in [2.05, 4.69) is 42.1 Å². The standard InChI is InChI=1S/C29H28Br2N2O4/c1-16-7-3-4-8-20(16)32-25(36)15-37-29-18(13-17(30)14-19(29)31)26-27-21(9-5-11-23(27)34)33(2)22-10-6-12-24(35)28(22)26/h3-4,7-8,13-14,26H,5-6,9-12,15H2,1-2H3,(H,32,36). The number of para-hydroxylation sites is 1. The highest BCUT2D eigenvalue weighted by Gasteiger charge is 2.43. The summed E-state index contributed by atoms with van der Waals surface area (Å²) in [5.41, 5.74) is 5.75. The number of carbonyl (C=O) groups excluding carboxylic acids is 3. The topological polar surface area (TPSA) is 75.7 Å². The van der Waals surface area contributed by atoms with Crippen molar-refractivity contribution in [2.75, 3.05) is 19.0 Å². The molecule has 0 saturated heterocycles. The van der Waals surface area contributed by atoms with E-state index in [1.807, 2.05) is 50.4 Å². The minimum Gasteiger partial charge on any atom is -0.482 e. The third kappa shape index (κ3) is 4.93. The summed E-state index contributed by atoms with van der Waals surface area (Å²) in [5.74, 6) is -0.205. The van der Waals surface area contributed by atoms with Crippen molar-refractivity contribution in [2.45, 2.75) is 51.4 Å². The van der Waals surface area contributed by atoms with E-state index in [9.17, 15) is 14.4 Å². The number of nitrogens with one attached hydrogen (secondary N) is 1. The second-order valence-electron chi connectivity index (χ2n) is 9.72. The van der Waals surface area contributed by atoms with Gasteiger partial charge in [0.15, 0.2) is 18.2 Å². The number of rotatable bonds is 5. The van der Waals surface area contributed by atoms with Gasteiger partial charge in [-0.2, -0.15) is 0 Å². The molecule has 2 aromatic carbocycles. The summed E-state index contributed by atoms with van der Waals surface area (Å²) in [6, 6.07) is 11.3. The minimum atomic E-state index is -0.523. The number of halogens is 2. The maximum Gasteiger partial charge on any atom is 0.262 e. The zero-order chi connectivity index (χ0) is 26.3. The number of nitrogens with zero attached hydrogens (tertiary/aromatic N) is 1. The zero-order valence-electron chi connectivity index (χ0n) is 20.8. The molecule has 192 valence electrons. The van der Waals surface area contributed by atoms with Crippen molar-refractivity contribution in [3.8, 4) is 5.75 Å². The molecule has 37 heavy (non-hydrogen) atoms. The molecule has 0 spiro atoms. The monoisotopic (exact) mass is 626 g/mol. The molecule has 2 aromatic rings. The number of Topliss-reactive ketones (excluding diaryl/α,β-unsaturated/α-hetero) is 2. The molecule has 0 unspecified atom stereocenters. The van der Waals surface area contributed by atoms with Gasteiger partial charge in [0, 0.05) is 64.1 Å². The molecule has 1 heterocycles. The SMILES string of the molecule is Cc1ccccc1NC(=O)COc1c(Br)cc(Br)cc1C1C2=C(CCCC2=O)N(C)C2=C1C(=O)CCC2. The first-order valence-electron chi connectivity index (χ1n) is 12.5. The van der Waals surface area contributed by atoms with Crippen LogP contribution in [-0.2, 0) is 14.4 Å². The van der Waals surface area contributed by atoms with E-state index in [-0.39, 0.29) is 24.1 Å². The molecule has 8 heteroatoms. The second-order valence-corrected chi connectivity index (χ2v) is 11.5. The first kappa shape index (κ1) is 25.9. The molecule has 0 saturated carbocycles. The summed E-state index contributed by atoms with van der Waals surface area (Å²) in [6.45, 7) is 1.72. The number of hydrogen-bond donors (Lipinski definition) is 1. The lowest BCUT2D eigenvalue weighted by Crippen LogP contribution is -2.37. The molecule has 1 amide bonds. The van der Waals surface area contributed by atoms with Crippen LogP contribution in [0.15, 0.2) is 67.9 Å². The van der Waals surface area contributed by atoms with Gasteiger partial charge in [-0.1, -0.05) is 34.1 Å². The second kappa shape index (κ2) is 10.6. The van der Waals surface area contributed by atoms with Crippen molar-refractivity contribution in [1.29, 1.82) is 0 Å². The van der Waals surface area contributed by atoms with Crippen LogP contribution >= 0.6 is 31.9 Å². The predicted molar refractivity (Wildman–Crippen MR) is 149 cm³/mol. The van der Waals surface area contributed by atoms with Crippen LogP contribution < -0.4 is 10.1 Å². The third-order valence-electron chi connectivity index (χ3n) is 7.36. The van der Waals surface area contributed by atoms with Crippen molar-refractivity contribution >= 4 is 55.0 Å². The number of hydrogen-bond acceptors (Lipinski definition) is 5.